The number of ether oxygens (including phenoxy) is 1. The average Bonchev–Trinajstić information content (AvgIpc) is 2.73. The standard InChI is InChI=1S/C12H15N3O2/c1-2-17-12(16)9(13)7-11-8-5-3-4-6-10(8)14-15-11/h3-6,9H,2,7,13H2,1H3,(H,14,15)/t9-/m0/s1. The monoisotopic (exact) mass is 233 g/mol. The molecule has 2 aromatic rings. The molecule has 0 aliphatic rings. The first-order valence-corrected chi connectivity index (χ1v) is 5.56. The van der Waals surface area contributed by atoms with Crippen molar-refractivity contribution in [1.82, 2.24) is 10.2 Å². The first-order valence-electron chi connectivity index (χ1n) is 5.56. The largest absolute Gasteiger partial charge is 0.465 e. The van der Waals surface area contributed by atoms with Crippen molar-refractivity contribution in [3.05, 3.63) is 30.0 Å². The second-order valence-electron chi connectivity index (χ2n) is 3.78. The van der Waals surface area contributed by atoms with E-state index in [1.807, 2.05) is 24.3 Å². The third-order valence-corrected chi connectivity index (χ3v) is 2.55. The number of nitrogens with two attached hydrogens (primary N) is 1. The summed E-state index contributed by atoms with van der Waals surface area (Å²) in [4.78, 5) is 11.4. The van der Waals surface area contributed by atoms with Crippen molar-refractivity contribution in [1.29, 1.82) is 0 Å². The Balaban J connectivity index is 2.16. The Hall–Kier alpha value is -1.88. The Morgan fingerprint density at radius 3 is 3.06 bits per heavy atom. The summed E-state index contributed by atoms with van der Waals surface area (Å²) in [7, 11) is 0. The van der Waals surface area contributed by atoms with Gasteiger partial charge in [-0.15, -0.1) is 0 Å². The molecule has 0 aliphatic heterocycles. The van der Waals surface area contributed by atoms with Crippen LogP contribution in [0.3, 0.4) is 0 Å². The molecule has 0 spiro atoms. The molecule has 1 aromatic carbocycles. The maximum atomic E-state index is 11.4. The van der Waals surface area contributed by atoms with E-state index in [9.17, 15) is 4.79 Å². The minimum absolute atomic E-state index is 0.344. The number of carbonyl (C=O) groups is 1. The van der Waals surface area contributed by atoms with Gasteiger partial charge in [0, 0.05) is 17.5 Å². The van der Waals surface area contributed by atoms with Crippen LogP contribution in [0, 0.1) is 0 Å². The molecule has 1 aromatic heterocycles. The van der Waals surface area contributed by atoms with E-state index in [2.05, 4.69) is 10.2 Å². The molecule has 5 heteroatoms. The number of benzene rings is 1. The first kappa shape index (κ1) is 11.6. The van der Waals surface area contributed by atoms with Gasteiger partial charge in [0.15, 0.2) is 0 Å². The average molecular weight is 233 g/mol. The van der Waals surface area contributed by atoms with Crippen LogP contribution in [0.15, 0.2) is 24.3 Å². The van der Waals surface area contributed by atoms with Crippen molar-refractivity contribution >= 4 is 16.9 Å². The number of H-pyrrole nitrogens is 1. The van der Waals surface area contributed by atoms with Gasteiger partial charge < -0.3 is 10.5 Å². The Morgan fingerprint density at radius 2 is 2.29 bits per heavy atom. The number of nitrogens with zero attached hydrogens (tertiary/aromatic N) is 1. The molecular formula is C12H15N3O2. The van der Waals surface area contributed by atoms with Crippen LogP contribution in [0.2, 0.25) is 0 Å². The molecule has 17 heavy (non-hydrogen) atoms. The Bertz CT molecular complexity index is 521. The lowest BCUT2D eigenvalue weighted by Gasteiger charge is -2.09. The van der Waals surface area contributed by atoms with Gasteiger partial charge in [-0.05, 0) is 13.0 Å². The second-order valence-corrected chi connectivity index (χ2v) is 3.78. The number of aromatic amines is 1. The molecule has 3 N–H and O–H groups in total. The van der Waals surface area contributed by atoms with Crippen molar-refractivity contribution in [2.45, 2.75) is 19.4 Å². The summed E-state index contributed by atoms with van der Waals surface area (Å²) >= 11 is 0. The van der Waals surface area contributed by atoms with E-state index in [1.165, 1.54) is 0 Å². The highest BCUT2D eigenvalue weighted by Gasteiger charge is 2.17. The van der Waals surface area contributed by atoms with E-state index >= 15 is 0 Å². The first-order chi connectivity index (χ1) is 8.22. The number of rotatable bonds is 4. The van der Waals surface area contributed by atoms with Gasteiger partial charge >= 0.3 is 5.97 Å². The van der Waals surface area contributed by atoms with Crippen molar-refractivity contribution in [3.8, 4) is 0 Å². The number of carbonyl (C=O) groups excluding carboxylic acids is 1. The number of hydrogen-bond acceptors (Lipinski definition) is 4. The van der Waals surface area contributed by atoms with Crippen LogP contribution in [0.4, 0.5) is 0 Å². The predicted molar refractivity (Wildman–Crippen MR) is 64.4 cm³/mol. The topological polar surface area (TPSA) is 81.0 Å². The zero-order valence-electron chi connectivity index (χ0n) is 9.64. The Morgan fingerprint density at radius 1 is 1.53 bits per heavy atom. The van der Waals surface area contributed by atoms with Crippen molar-refractivity contribution in [2.75, 3.05) is 6.61 Å². The van der Waals surface area contributed by atoms with Crippen LogP contribution < -0.4 is 5.73 Å². The highest BCUT2D eigenvalue weighted by atomic mass is 16.5. The number of para-hydroxylation sites is 1. The molecule has 0 saturated heterocycles. The maximum absolute atomic E-state index is 11.4. The van der Waals surface area contributed by atoms with Crippen LogP contribution in [-0.4, -0.2) is 28.8 Å². The molecule has 1 atom stereocenters. The Kier molecular flexibility index (Phi) is 3.39. The lowest BCUT2D eigenvalue weighted by molar-refractivity contribution is -0.144. The zero-order valence-corrected chi connectivity index (χ0v) is 9.64. The van der Waals surface area contributed by atoms with Gasteiger partial charge in [-0.25, -0.2) is 0 Å². The molecule has 0 unspecified atom stereocenters. The molecule has 1 heterocycles. The maximum Gasteiger partial charge on any atom is 0.323 e. The van der Waals surface area contributed by atoms with Crippen molar-refractivity contribution in [2.24, 2.45) is 5.73 Å². The van der Waals surface area contributed by atoms with Gasteiger partial charge in [0.25, 0.3) is 0 Å². The summed E-state index contributed by atoms with van der Waals surface area (Å²) in [5.74, 6) is -0.383. The number of hydrogen-bond donors (Lipinski definition) is 2. The summed E-state index contributed by atoms with van der Waals surface area (Å²) in [6, 6.07) is 7.05. The third-order valence-electron chi connectivity index (χ3n) is 2.55. The fourth-order valence-corrected chi connectivity index (χ4v) is 1.72. The van der Waals surface area contributed by atoms with Crippen LogP contribution in [0.5, 0.6) is 0 Å². The van der Waals surface area contributed by atoms with E-state index in [1.54, 1.807) is 6.92 Å². The van der Waals surface area contributed by atoms with Gasteiger partial charge in [0.2, 0.25) is 0 Å². The molecule has 90 valence electrons. The van der Waals surface area contributed by atoms with Crippen LogP contribution in [0.1, 0.15) is 12.6 Å². The van der Waals surface area contributed by atoms with Crippen LogP contribution >= 0.6 is 0 Å². The zero-order chi connectivity index (χ0) is 12.3. The molecule has 0 amide bonds. The summed E-state index contributed by atoms with van der Waals surface area (Å²) < 4.78 is 4.87. The minimum Gasteiger partial charge on any atom is -0.465 e. The SMILES string of the molecule is CCOC(=O)[C@@H](N)Cc1[nH]nc2ccccc12. The van der Waals surface area contributed by atoms with E-state index in [-0.39, 0.29) is 5.97 Å². The number of nitrogens with one attached hydrogen (secondary N) is 1. The summed E-state index contributed by atoms with van der Waals surface area (Å²) in [5.41, 5.74) is 7.50. The minimum atomic E-state index is -0.654. The lowest BCUT2D eigenvalue weighted by atomic mass is 10.1. The highest BCUT2D eigenvalue weighted by Crippen LogP contribution is 2.16. The fraction of sp³-hybridized carbons (Fsp3) is 0.333. The van der Waals surface area contributed by atoms with Crippen LogP contribution in [0.25, 0.3) is 10.9 Å². The summed E-state index contributed by atoms with van der Waals surface area (Å²) in [6.07, 6.45) is 0.402. The molecule has 0 aliphatic carbocycles. The predicted octanol–water partition coefficient (Wildman–Crippen LogP) is 0.996. The molecule has 0 fully saturated rings. The van der Waals surface area contributed by atoms with Crippen molar-refractivity contribution in [3.63, 3.8) is 0 Å². The summed E-state index contributed by atoms with van der Waals surface area (Å²) in [6.45, 7) is 2.10. The highest BCUT2D eigenvalue weighted by molar-refractivity contribution is 5.82. The van der Waals surface area contributed by atoms with E-state index in [0.717, 1.165) is 16.6 Å². The molecule has 0 saturated carbocycles. The van der Waals surface area contributed by atoms with Crippen LogP contribution in [-0.2, 0) is 16.0 Å². The van der Waals surface area contributed by atoms with E-state index in [0.29, 0.717) is 13.0 Å². The summed E-state index contributed by atoms with van der Waals surface area (Å²) in [5, 5.41) is 8.04. The molecular weight excluding hydrogens is 218 g/mol. The molecule has 0 radical (unpaired) electrons. The quantitative estimate of drug-likeness (QED) is 0.772. The van der Waals surface area contributed by atoms with Gasteiger partial charge in [-0.2, -0.15) is 5.10 Å². The van der Waals surface area contributed by atoms with Gasteiger partial charge in [0.1, 0.15) is 6.04 Å². The number of fused-ring (bicyclic) bond motifs is 1. The van der Waals surface area contributed by atoms with E-state index in [4.69, 9.17) is 10.5 Å². The molecule has 5 nitrogen and oxygen atoms in total. The van der Waals surface area contributed by atoms with E-state index < -0.39 is 6.04 Å². The van der Waals surface area contributed by atoms with Gasteiger partial charge in [0.05, 0.1) is 12.1 Å². The normalized spacial score (nSPS) is 12.6. The fourth-order valence-electron chi connectivity index (χ4n) is 1.72. The third kappa shape index (κ3) is 2.45. The molecule has 0 bridgehead atoms. The Labute approximate surface area is 98.9 Å². The molecule has 2 rings (SSSR count). The smallest absolute Gasteiger partial charge is 0.323 e. The van der Waals surface area contributed by atoms with Gasteiger partial charge in [-0.3, -0.25) is 9.89 Å². The lowest BCUT2D eigenvalue weighted by Crippen LogP contribution is -2.34. The van der Waals surface area contributed by atoms with Crippen molar-refractivity contribution < 1.29 is 9.53 Å². The second kappa shape index (κ2) is 4.97. The number of esters is 1. The number of aromatic nitrogens is 2. The van der Waals surface area contributed by atoms with Gasteiger partial charge in [-0.1, -0.05) is 18.2 Å².